The van der Waals surface area contributed by atoms with Gasteiger partial charge in [0.05, 0.1) is 29.3 Å². The van der Waals surface area contributed by atoms with E-state index in [1.165, 1.54) is 13.2 Å². The Kier molecular flexibility index (Phi) is 10.0. The van der Waals surface area contributed by atoms with Crippen molar-refractivity contribution in [1.82, 2.24) is 4.90 Å². The fraction of sp³-hybridized carbons (Fsp3) is 0.448. The van der Waals surface area contributed by atoms with Gasteiger partial charge in [-0.3, -0.25) is 10.1 Å². The van der Waals surface area contributed by atoms with Crippen molar-refractivity contribution < 1.29 is 29.0 Å². The molecule has 1 aliphatic heterocycles. The summed E-state index contributed by atoms with van der Waals surface area (Å²) >= 11 is 0. The zero-order chi connectivity index (χ0) is 28.6. The molecule has 3 rings (SSSR count). The summed E-state index contributed by atoms with van der Waals surface area (Å²) in [5, 5.41) is 31.9. The van der Waals surface area contributed by atoms with Crippen molar-refractivity contribution in [2.24, 2.45) is 0 Å². The fourth-order valence-corrected chi connectivity index (χ4v) is 4.30. The molecule has 10 heteroatoms. The zero-order valence-corrected chi connectivity index (χ0v) is 22.8. The zero-order valence-electron chi connectivity index (χ0n) is 22.8. The third kappa shape index (κ3) is 8.80. The summed E-state index contributed by atoms with van der Waals surface area (Å²) in [6.45, 7) is 6.54. The minimum Gasteiger partial charge on any atom is -0.490 e. The second kappa shape index (κ2) is 13.2. The number of rotatable bonds is 9. The van der Waals surface area contributed by atoms with Crippen molar-refractivity contribution in [3.8, 4) is 11.8 Å². The van der Waals surface area contributed by atoms with Crippen molar-refractivity contribution in [2.45, 2.75) is 57.8 Å². The van der Waals surface area contributed by atoms with E-state index in [4.69, 9.17) is 19.5 Å². The van der Waals surface area contributed by atoms with Crippen LogP contribution in [0.4, 0.5) is 10.5 Å². The van der Waals surface area contributed by atoms with Gasteiger partial charge in [-0.15, -0.1) is 0 Å². The normalized spacial score (nSPS) is 15.4. The number of aliphatic hydroxyl groups excluding tert-OH is 1. The van der Waals surface area contributed by atoms with Crippen molar-refractivity contribution in [2.75, 3.05) is 26.8 Å². The average Bonchev–Trinajstić information content (AvgIpc) is 2.88. The monoisotopic (exact) mass is 537 g/mol. The van der Waals surface area contributed by atoms with Gasteiger partial charge < -0.3 is 24.2 Å². The number of methoxy groups -OCH3 is 1. The minimum atomic E-state index is -1.07. The van der Waals surface area contributed by atoms with Gasteiger partial charge in [-0.25, -0.2) is 4.79 Å². The molecule has 39 heavy (non-hydrogen) atoms. The van der Waals surface area contributed by atoms with Gasteiger partial charge in [-0.1, -0.05) is 18.2 Å². The Morgan fingerprint density at radius 1 is 1.26 bits per heavy atom. The summed E-state index contributed by atoms with van der Waals surface area (Å²) in [6.07, 6.45) is 1.29. The van der Waals surface area contributed by atoms with Crippen molar-refractivity contribution in [1.29, 1.82) is 5.26 Å². The number of nitrogens with zero attached hydrogens (tertiary/aromatic N) is 3. The van der Waals surface area contributed by atoms with Crippen LogP contribution in [0.2, 0.25) is 0 Å². The number of nitro benzene ring substituents is 1. The number of hydrogen-bond donors (Lipinski definition) is 1. The second-order valence-corrected chi connectivity index (χ2v) is 10.4. The molecule has 0 bridgehead atoms. The number of amides is 1. The Labute approximate surface area is 228 Å². The summed E-state index contributed by atoms with van der Waals surface area (Å²) < 4.78 is 16.8. The molecule has 2 aromatic carbocycles. The molecule has 1 atom stereocenters. The van der Waals surface area contributed by atoms with E-state index in [1.807, 2.05) is 20.8 Å². The summed E-state index contributed by atoms with van der Waals surface area (Å²) in [4.78, 5) is 25.2. The lowest BCUT2D eigenvalue weighted by atomic mass is 9.98. The molecular formula is C29H35N3O7. The summed E-state index contributed by atoms with van der Waals surface area (Å²) in [6, 6.07) is 13.5. The maximum absolute atomic E-state index is 12.3. The minimum absolute atomic E-state index is 0.0300. The van der Waals surface area contributed by atoms with E-state index in [9.17, 15) is 20.0 Å². The average molecular weight is 538 g/mol. The number of carbonyl (C=O) groups is 1. The third-order valence-corrected chi connectivity index (χ3v) is 6.16. The van der Waals surface area contributed by atoms with Crippen molar-refractivity contribution in [3.05, 3.63) is 74.8 Å². The van der Waals surface area contributed by atoms with Crippen molar-refractivity contribution >= 4 is 17.9 Å². The van der Waals surface area contributed by atoms with E-state index >= 15 is 0 Å². The highest BCUT2D eigenvalue weighted by Gasteiger charge is 2.28. The summed E-state index contributed by atoms with van der Waals surface area (Å²) in [5.41, 5.74) is 1.34. The number of aliphatic hydroxyl groups is 1. The molecule has 1 heterocycles. The second-order valence-electron chi connectivity index (χ2n) is 10.4. The Hall–Kier alpha value is -3.94. The quantitative estimate of drug-likeness (QED) is 0.353. The lowest BCUT2D eigenvalue weighted by molar-refractivity contribution is -0.385. The smallest absolute Gasteiger partial charge is 0.410 e. The number of likely N-dealkylation sites (tertiary alicyclic amines) is 1. The molecule has 208 valence electrons. The van der Waals surface area contributed by atoms with Crippen LogP contribution in [0.15, 0.2) is 48.0 Å². The van der Waals surface area contributed by atoms with E-state index < -0.39 is 16.6 Å². The predicted molar refractivity (Wildman–Crippen MR) is 145 cm³/mol. The Morgan fingerprint density at radius 2 is 1.97 bits per heavy atom. The first kappa shape index (κ1) is 29.6. The van der Waals surface area contributed by atoms with Crippen LogP contribution in [-0.2, 0) is 15.9 Å². The third-order valence-electron chi connectivity index (χ3n) is 6.16. The molecule has 1 fully saturated rings. The van der Waals surface area contributed by atoms with Gasteiger partial charge in [0.2, 0.25) is 0 Å². The van der Waals surface area contributed by atoms with Gasteiger partial charge in [0.15, 0.2) is 0 Å². The molecule has 10 nitrogen and oxygen atoms in total. The number of nitro groups is 1. The van der Waals surface area contributed by atoms with E-state index in [2.05, 4.69) is 6.07 Å². The highest BCUT2D eigenvalue weighted by Crippen LogP contribution is 2.29. The highest BCUT2D eigenvalue weighted by atomic mass is 16.6. The Morgan fingerprint density at radius 3 is 2.59 bits per heavy atom. The van der Waals surface area contributed by atoms with Gasteiger partial charge in [0.25, 0.3) is 5.69 Å². The molecule has 1 N–H and O–H groups in total. The van der Waals surface area contributed by atoms with Crippen LogP contribution in [0.3, 0.4) is 0 Å². The van der Waals surface area contributed by atoms with Gasteiger partial charge in [0.1, 0.15) is 17.5 Å². The molecule has 1 unspecified atom stereocenters. The van der Waals surface area contributed by atoms with Crippen LogP contribution in [0.5, 0.6) is 5.75 Å². The van der Waals surface area contributed by atoms with Crippen LogP contribution in [0, 0.1) is 21.4 Å². The summed E-state index contributed by atoms with van der Waals surface area (Å²) in [5.74, 6) is 0.456. The standard InChI is InChI=1S/C29H35N3O7/c1-29(2,3)39-28(34)31-12-10-24(11-13-31)38-25-8-9-26(32(35)36)22(16-25)17-27(33)23(19-37-4)15-20-6-5-7-21(14-20)18-30/h5-9,14-16,24,27,33H,10-13,17,19H2,1-4H3/b23-15+. The Bertz CT molecular complexity index is 1240. The van der Waals surface area contributed by atoms with Crippen molar-refractivity contribution in [3.63, 3.8) is 0 Å². The Balaban J connectivity index is 1.73. The van der Waals surface area contributed by atoms with Crippen LogP contribution in [0.25, 0.3) is 6.08 Å². The SMILES string of the molecule is COC/C(=C\c1cccc(C#N)c1)C(O)Cc1cc(OC2CCN(C(=O)OC(C)(C)C)CC2)ccc1[N+](=O)[O-]. The first-order valence-electron chi connectivity index (χ1n) is 12.8. The molecule has 0 spiro atoms. The van der Waals surface area contributed by atoms with E-state index in [0.29, 0.717) is 53.9 Å². The summed E-state index contributed by atoms with van der Waals surface area (Å²) in [7, 11) is 1.50. The highest BCUT2D eigenvalue weighted by molar-refractivity contribution is 5.68. The van der Waals surface area contributed by atoms with Crippen LogP contribution in [0.1, 0.15) is 50.3 Å². The number of piperidine rings is 1. The van der Waals surface area contributed by atoms with Gasteiger partial charge in [0, 0.05) is 51.1 Å². The fourth-order valence-electron chi connectivity index (χ4n) is 4.30. The first-order valence-corrected chi connectivity index (χ1v) is 12.8. The predicted octanol–water partition coefficient (Wildman–Crippen LogP) is 4.88. The molecule has 2 aromatic rings. The molecule has 1 amide bonds. The molecule has 1 saturated heterocycles. The van der Waals surface area contributed by atoms with Crippen LogP contribution < -0.4 is 4.74 Å². The van der Waals surface area contributed by atoms with Gasteiger partial charge in [-0.2, -0.15) is 5.26 Å². The van der Waals surface area contributed by atoms with E-state index in [-0.39, 0.29) is 30.9 Å². The molecule has 0 radical (unpaired) electrons. The number of ether oxygens (including phenoxy) is 3. The molecule has 0 aliphatic carbocycles. The first-order chi connectivity index (χ1) is 18.5. The molecule has 0 saturated carbocycles. The van der Waals surface area contributed by atoms with Crippen LogP contribution >= 0.6 is 0 Å². The lowest BCUT2D eigenvalue weighted by Gasteiger charge is -2.33. The maximum Gasteiger partial charge on any atom is 0.410 e. The van der Waals surface area contributed by atoms with E-state index in [1.54, 1.807) is 47.4 Å². The van der Waals surface area contributed by atoms with E-state index in [0.717, 1.165) is 0 Å². The number of hydrogen-bond acceptors (Lipinski definition) is 8. The molecule has 1 aliphatic rings. The van der Waals surface area contributed by atoms with Crippen LogP contribution in [-0.4, -0.2) is 65.6 Å². The molecular weight excluding hydrogens is 502 g/mol. The van der Waals surface area contributed by atoms with Gasteiger partial charge in [-0.05, 0) is 56.2 Å². The maximum atomic E-state index is 12.3. The molecule has 0 aromatic heterocycles. The number of carbonyl (C=O) groups excluding carboxylic acids is 1. The van der Waals surface area contributed by atoms with Gasteiger partial charge >= 0.3 is 6.09 Å². The number of nitriles is 1. The number of benzene rings is 2. The lowest BCUT2D eigenvalue weighted by Crippen LogP contribution is -2.44. The topological polar surface area (TPSA) is 135 Å². The largest absolute Gasteiger partial charge is 0.490 e.